The SMILES string of the molecule is CC(C)COCCCNS(=O)(=O)c1cc(N)ccc1F. The molecule has 0 amide bonds. The summed E-state index contributed by atoms with van der Waals surface area (Å²) in [5.41, 5.74) is 5.67. The summed E-state index contributed by atoms with van der Waals surface area (Å²) in [7, 11) is -3.88. The molecule has 3 N–H and O–H groups in total. The van der Waals surface area contributed by atoms with Crippen LogP contribution in [0, 0.1) is 11.7 Å². The number of hydrogen-bond donors (Lipinski definition) is 2. The minimum Gasteiger partial charge on any atom is -0.399 e. The Hall–Kier alpha value is -1.18. The maximum atomic E-state index is 13.5. The van der Waals surface area contributed by atoms with Crippen LogP contribution in [0.25, 0.3) is 0 Å². The van der Waals surface area contributed by atoms with Crippen molar-refractivity contribution in [2.75, 3.05) is 25.5 Å². The van der Waals surface area contributed by atoms with Crippen LogP contribution >= 0.6 is 0 Å². The quantitative estimate of drug-likeness (QED) is 0.566. The third-order valence-corrected chi connectivity index (χ3v) is 3.93. The van der Waals surface area contributed by atoms with Crippen LogP contribution in [0.2, 0.25) is 0 Å². The van der Waals surface area contributed by atoms with Gasteiger partial charge in [0.1, 0.15) is 10.7 Å². The summed E-state index contributed by atoms with van der Waals surface area (Å²) in [6.45, 7) is 5.35. The molecule has 0 aliphatic heterocycles. The van der Waals surface area contributed by atoms with Crippen LogP contribution in [0.3, 0.4) is 0 Å². The van der Waals surface area contributed by atoms with E-state index < -0.39 is 20.7 Å². The van der Waals surface area contributed by atoms with Crippen LogP contribution in [0.15, 0.2) is 23.1 Å². The lowest BCUT2D eigenvalue weighted by Gasteiger charge is -2.09. The molecule has 7 heteroatoms. The Morgan fingerprint density at radius 2 is 2.10 bits per heavy atom. The zero-order chi connectivity index (χ0) is 15.2. The molecule has 1 rings (SSSR count). The van der Waals surface area contributed by atoms with E-state index in [-0.39, 0.29) is 12.2 Å². The Kier molecular flexibility index (Phi) is 6.38. The monoisotopic (exact) mass is 304 g/mol. The zero-order valence-corrected chi connectivity index (χ0v) is 12.5. The normalized spacial score (nSPS) is 12.0. The number of anilines is 1. The maximum Gasteiger partial charge on any atom is 0.243 e. The minimum absolute atomic E-state index is 0.189. The largest absolute Gasteiger partial charge is 0.399 e. The highest BCUT2D eigenvalue weighted by molar-refractivity contribution is 7.89. The number of ether oxygens (including phenoxy) is 1. The maximum absolute atomic E-state index is 13.5. The van der Waals surface area contributed by atoms with Crippen LogP contribution < -0.4 is 10.5 Å². The second-order valence-electron chi connectivity index (χ2n) is 4.91. The molecule has 0 aliphatic rings. The van der Waals surface area contributed by atoms with E-state index in [0.29, 0.717) is 25.6 Å². The first-order valence-corrected chi connectivity index (χ1v) is 7.93. The van der Waals surface area contributed by atoms with E-state index in [1.165, 1.54) is 6.07 Å². The summed E-state index contributed by atoms with van der Waals surface area (Å²) in [4.78, 5) is -0.430. The number of halogens is 1. The van der Waals surface area contributed by atoms with Gasteiger partial charge in [0.25, 0.3) is 0 Å². The standard InChI is InChI=1S/C13H21FN2O3S/c1-10(2)9-19-7-3-6-16-20(17,18)13-8-11(15)4-5-12(13)14/h4-5,8,10,16H,3,6-7,9,15H2,1-2H3. The molecule has 5 nitrogen and oxygen atoms in total. The number of nitrogens with two attached hydrogens (primary N) is 1. The summed E-state index contributed by atoms with van der Waals surface area (Å²) in [6.07, 6.45) is 0.524. The van der Waals surface area contributed by atoms with E-state index in [1.54, 1.807) is 0 Å². The molecule has 0 aromatic heterocycles. The minimum atomic E-state index is -3.88. The van der Waals surface area contributed by atoms with Gasteiger partial charge in [-0.3, -0.25) is 0 Å². The van der Waals surface area contributed by atoms with Gasteiger partial charge in [0.2, 0.25) is 10.0 Å². The molecular formula is C13H21FN2O3S. The van der Waals surface area contributed by atoms with Gasteiger partial charge in [-0.15, -0.1) is 0 Å². The summed E-state index contributed by atoms with van der Waals surface area (Å²) in [5, 5.41) is 0. The molecule has 0 atom stereocenters. The first-order valence-electron chi connectivity index (χ1n) is 6.45. The van der Waals surface area contributed by atoms with Crippen molar-refractivity contribution in [2.45, 2.75) is 25.2 Å². The fourth-order valence-corrected chi connectivity index (χ4v) is 2.69. The van der Waals surface area contributed by atoms with Gasteiger partial charge in [0.05, 0.1) is 0 Å². The van der Waals surface area contributed by atoms with Gasteiger partial charge in [-0.25, -0.2) is 17.5 Å². The number of hydrogen-bond acceptors (Lipinski definition) is 4. The first kappa shape index (κ1) is 16.9. The Morgan fingerprint density at radius 3 is 2.75 bits per heavy atom. The molecule has 1 aromatic rings. The summed E-state index contributed by atoms with van der Waals surface area (Å²) in [5.74, 6) is -0.379. The highest BCUT2D eigenvalue weighted by atomic mass is 32.2. The smallest absolute Gasteiger partial charge is 0.243 e. The Labute approximate surface area is 119 Å². The van der Waals surface area contributed by atoms with Crippen LogP contribution in [0.5, 0.6) is 0 Å². The molecule has 0 fully saturated rings. The summed E-state index contributed by atoms with van der Waals surface area (Å²) < 4.78 is 44.9. The molecule has 0 aliphatic carbocycles. The van der Waals surface area contributed by atoms with Gasteiger partial charge >= 0.3 is 0 Å². The lowest BCUT2D eigenvalue weighted by atomic mass is 10.2. The second kappa shape index (κ2) is 7.56. The Balaban J connectivity index is 2.48. The highest BCUT2D eigenvalue weighted by Gasteiger charge is 2.18. The van der Waals surface area contributed by atoms with Crippen molar-refractivity contribution in [2.24, 2.45) is 5.92 Å². The molecule has 0 heterocycles. The number of benzene rings is 1. The van der Waals surface area contributed by atoms with Gasteiger partial charge < -0.3 is 10.5 Å². The summed E-state index contributed by atoms with van der Waals surface area (Å²) >= 11 is 0. The van der Waals surface area contributed by atoms with Gasteiger partial charge in [-0.05, 0) is 30.5 Å². The number of sulfonamides is 1. The molecule has 1 aromatic carbocycles. The number of nitrogen functional groups attached to an aromatic ring is 1. The molecule has 0 bridgehead atoms. The third-order valence-electron chi connectivity index (χ3n) is 2.45. The molecule has 0 saturated carbocycles. The van der Waals surface area contributed by atoms with Crippen molar-refractivity contribution in [3.05, 3.63) is 24.0 Å². The molecule has 0 unspecified atom stereocenters. The van der Waals surface area contributed by atoms with Gasteiger partial charge in [-0.1, -0.05) is 13.8 Å². The van der Waals surface area contributed by atoms with Crippen molar-refractivity contribution in [3.63, 3.8) is 0 Å². The predicted octanol–water partition coefficient (Wildman–Crippen LogP) is 1.75. The van der Waals surface area contributed by atoms with E-state index in [0.717, 1.165) is 12.1 Å². The molecule has 0 spiro atoms. The zero-order valence-electron chi connectivity index (χ0n) is 11.7. The van der Waals surface area contributed by atoms with E-state index >= 15 is 0 Å². The second-order valence-corrected chi connectivity index (χ2v) is 6.65. The fourth-order valence-electron chi connectivity index (χ4n) is 1.50. The topological polar surface area (TPSA) is 81.4 Å². The van der Waals surface area contributed by atoms with Crippen LogP contribution in [0.1, 0.15) is 20.3 Å². The Morgan fingerprint density at radius 1 is 1.40 bits per heavy atom. The molecule has 0 saturated heterocycles. The highest BCUT2D eigenvalue weighted by Crippen LogP contribution is 2.17. The van der Waals surface area contributed by atoms with E-state index in [1.807, 2.05) is 13.8 Å². The predicted molar refractivity (Wildman–Crippen MR) is 76.3 cm³/mol. The van der Waals surface area contributed by atoms with Crippen molar-refractivity contribution in [1.29, 1.82) is 0 Å². The average molecular weight is 304 g/mol. The first-order chi connectivity index (χ1) is 9.33. The van der Waals surface area contributed by atoms with Crippen LogP contribution in [-0.4, -0.2) is 28.2 Å². The van der Waals surface area contributed by atoms with Crippen molar-refractivity contribution < 1.29 is 17.5 Å². The van der Waals surface area contributed by atoms with Gasteiger partial charge in [0, 0.05) is 25.4 Å². The third kappa shape index (κ3) is 5.44. The van der Waals surface area contributed by atoms with Crippen LogP contribution in [-0.2, 0) is 14.8 Å². The van der Waals surface area contributed by atoms with Gasteiger partial charge in [-0.2, -0.15) is 0 Å². The number of rotatable bonds is 8. The van der Waals surface area contributed by atoms with Crippen LogP contribution in [0.4, 0.5) is 10.1 Å². The van der Waals surface area contributed by atoms with Crippen molar-refractivity contribution >= 4 is 15.7 Å². The Bertz CT molecular complexity index is 532. The lowest BCUT2D eigenvalue weighted by Crippen LogP contribution is -2.26. The fraction of sp³-hybridized carbons (Fsp3) is 0.538. The summed E-state index contributed by atoms with van der Waals surface area (Å²) in [6, 6.07) is 3.46. The number of nitrogens with one attached hydrogen (secondary N) is 1. The molecular weight excluding hydrogens is 283 g/mol. The van der Waals surface area contributed by atoms with Gasteiger partial charge in [0.15, 0.2) is 0 Å². The van der Waals surface area contributed by atoms with E-state index in [2.05, 4.69) is 4.72 Å². The average Bonchev–Trinajstić information content (AvgIpc) is 2.36. The molecule has 20 heavy (non-hydrogen) atoms. The van der Waals surface area contributed by atoms with Crippen molar-refractivity contribution in [3.8, 4) is 0 Å². The van der Waals surface area contributed by atoms with Crippen molar-refractivity contribution in [1.82, 2.24) is 4.72 Å². The molecule has 114 valence electrons. The lowest BCUT2D eigenvalue weighted by molar-refractivity contribution is 0.108. The van der Waals surface area contributed by atoms with E-state index in [9.17, 15) is 12.8 Å². The molecule has 0 radical (unpaired) electrons. The van der Waals surface area contributed by atoms with E-state index in [4.69, 9.17) is 10.5 Å².